The minimum atomic E-state index is -1.88. The number of unbranched alkanes of at least 4 members (excludes halogenated alkanes) is 2. The third kappa shape index (κ3) is 41.7. The first kappa shape index (κ1) is 67.5. The molecule has 8 atom stereocenters. The zero-order chi connectivity index (χ0) is 51.0. The zero-order valence-electron chi connectivity index (χ0n) is 40.9. The van der Waals surface area contributed by atoms with E-state index in [2.05, 4.69) is 12.2 Å². The molecule has 0 bridgehead atoms. The van der Waals surface area contributed by atoms with Crippen LogP contribution in [0, 0.1) is 0 Å². The third-order valence-electron chi connectivity index (χ3n) is 9.76. The fraction of sp³-hybridized carbons (Fsp3) is 0.977. The van der Waals surface area contributed by atoms with E-state index in [0.717, 1.165) is 25.8 Å². The highest BCUT2D eigenvalue weighted by molar-refractivity contribution is 5.75. The van der Waals surface area contributed by atoms with E-state index in [-0.39, 0.29) is 32.3 Å². The summed E-state index contributed by atoms with van der Waals surface area (Å²) in [4.78, 5) is 13.0. The smallest absolute Gasteiger partial charge is 0.222 e. The molecule has 1 amide bonds. The Morgan fingerprint density at radius 2 is 0.652 bits per heavy atom. The molecule has 0 aromatic rings. The number of amides is 1. The molecule has 0 spiro atoms. The maximum absolute atomic E-state index is 11.7. The first-order chi connectivity index (χ1) is 33.5. The lowest BCUT2D eigenvalue weighted by Gasteiger charge is -2.33. The van der Waals surface area contributed by atoms with Crippen LogP contribution in [0.5, 0.6) is 0 Å². The maximum atomic E-state index is 11.7. The fourth-order valence-electron chi connectivity index (χ4n) is 5.70. The first-order valence-electron chi connectivity index (χ1n) is 24.1. The van der Waals surface area contributed by atoms with Gasteiger partial charge < -0.3 is 113 Å². The average molecular weight is 1020 g/mol. The van der Waals surface area contributed by atoms with Crippen molar-refractivity contribution in [1.29, 1.82) is 0 Å². The summed E-state index contributed by atoms with van der Waals surface area (Å²) in [6, 6.07) is 0. The number of ether oxygens (including phenoxy) is 12. The Bertz CT molecular complexity index is 1050. The molecule has 0 saturated heterocycles. The van der Waals surface area contributed by atoms with Crippen molar-refractivity contribution in [2.24, 2.45) is 0 Å². The molecular weight excluding hydrogens is 924 g/mol. The van der Waals surface area contributed by atoms with Crippen LogP contribution in [0.1, 0.15) is 32.6 Å². The average Bonchev–Trinajstić information content (AvgIpc) is 3.35. The second-order valence-corrected chi connectivity index (χ2v) is 15.5. The maximum Gasteiger partial charge on any atom is 0.222 e. The van der Waals surface area contributed by atoms with Gasteiger partial charge in [-0.2, -0.15) is 0 Å². The van der Waals surface area contributed by atoms with Crippen LogP contribution in [0.15, 0.2) is 0 Å². The molecule has 25 nitrogen and oxygen atoms in total. The van der Waals surface area contributed by atoms with Gasteiger partial charge in [-0.1, -0.05) is 19.8 Å². The van der Waals surface area contributed by atoms with Crippen molar-refractivity contribution in [2.75, 3.05) is 198 Å². The number of hydrogen-bond donors (Lipinski definition) is 11. The predicted molar refractivity (Wildman–Crippen MR) is 246 cm³/mol. The predicted octanol–water partition coefficient (Wildman–Crippen LogP) is -4.94. The molecular formula is C44H90N2O23. The highest BCUT2D eigenvalue weighted by Crippen LogP contribution is 2.11. The quantitative estimate of drug-likeness (QED) is 0.0254. The molecule has 69 heavy (non-hydrogen) atoms. The molecule has 0 heterocycles. The van der Waals surface area contributed by atoms with Crippen LogP contribution < -0.4 is 5.32 Å². The number of carbonyl (C=O) groups excluding carboxylic acids is 1. The Kier molecular flexibility index (Phi) is 49.0. The van der Waals surface area contributed by atoms with E-state index in [1.165, 1.54) is 4.90 Å². The van der Waals surface area contributed by atoms with Gasteiger partial charge in [0.2, 0.25) is 5.91 Å². The Balaban J connectivity index is 3.61. The second-order valence-electron chi connectivity index (χ2n) is 15.5. The van der Waals surface area contributed by atoms with E-state index >= 15 is 0 Å². The summed E-state index contributed by atoms with van der Waals surface area (Å²) < 4.78 is 65.7. The molecule has 11 N–H and O–H groups in total. The minimum absolute atomic E-state index is 0.0156. The minimum Gasteiger partial charge on any atom is -0.394 e. The van der Waals surface area contributed by atoms with Crippen molar-refractivity contribution in [3.05, 3.63) is 0 Å². The third-order valence-corrected chi connectivity index (χ3v) is 9.76. The Labute approximate surface area is 407 Å². The molecule has 0 radical (unpaired) electrons. The van der Waals surface area contributed by atoms with E-state index in [0.29, 0.717) is 145 Å². The molecule has 0 aliphatic carbocycles. The van der Waals surface area contributed by atoms with Crippen molar-refractivity contribution in [1.82, 2.24) is 10.2 Å². The number of nitrogens with zero attached hydrogens (tertiary/aromatic N) is 1. The second kappa shape index (κ2) is 50.1. The highest BCUT2D eigenvalue weighted by Gasteiger charge is 2.34. The molecule has 0 aliphatic heterocycles. The van der Waals surface area contributed by atoms with Gasteiger partial charge in [0.05, 0.1) is 184 Å². The van der Waals surface area contributed by atoms with E-state index in [9.17, 15) is 45.6 Å². The van der Waals surface area contributed by atoms with E-state index in [1.54, 1.807) is 0 Å². The van der Waals surface area contributed by atoms with Gasteiger partial charge in [-0.15, -0.1) is 0 Å². The van der Waals surface area contributed by atoms with Crippen LogP contribution in [0.2, 0.25) is 0 Å². The lowest BCUT2D eigenvalue weighted by molar-refractivity contribution is -0.131. The topological polar surface area (TPSA) is 345 Å². The van der Waals surface area contributed by atoms with Gasteiger partial charge in [-0.05, 0) is 6.42 Å². The van der Waals surface area contributed by atoms with Crippen LogP contribution in [0.25, 0.3) is 0 Å². The highest BCUT2D eigenvalue weighted by atomic mass is 16.6. The molecule has 0 aliphatic rings. The molecule has 0 unspecified atom stereocenters. The molecule has 414 valence electrons. The summed E-state index contributed by atoms with van der Waals surface area (Å²) in [6.07, 6.45) is -10.7. The Morgan fingerprint density at radius 1 is 0.391 bits per heavy atom. The fourth-order valence-corrected chi connectivity index (χ4v) is 5.70. The number of rotatable bonds is 55. The van der Waals surface area contributed by atoms with Crippen LogP contribution in [-0.4, -0.2) is 309 Å². The standard InChI is InChI=1S/C44H90N2O23/c1-2-3-4-6-45-40(53)5-8-58-10-12-60-14-16-62-18-20-64-22-24-66-26-28-68-30-31-69-29-27-67-25-23-65-21-19-63-17-15-61-13-11-59-9-7-46(32-36(49)41(54)43(56)38(51)34-47)33-37(50)42(55)44(57)39(52)35-48/h36-39,41-44,47-52,54-57H,2-35H2,1H3,(H,45,53)/t36-,37-,38+,39+,41+,42+,43+,44+/m0/s1. The number of aliphatic hydroxyl groups excluding tert-OH is 10. The van der Waals surface area contributed by atoms with E-state index in [4.69, 9.17) is 67.1 Å². The van der Waals surface area contributed by atoms with Gasteiger partial charge in [0.1, 0.15) is 36.6 Å². The van der Waals surface area contributed by atoms with Crippen LogP contribution in [0.3, 0.4) is 0 Å². The van der Waals surface area contributed by atoms with Crippen LogP contribution in [-0.2, 0) is 61.6 Å². The lowest BCUT2D eigenvalue weighted by atomic mass is 10.0. The van der Waals surface area contributed by atoms with Gasteiger partial charge in [0.25, 0.3) is 0 Å². The van der Waals surface area contributed by atoms with Crippen LogP contribution in [0.4, 0.5) is 0 Å². The SMILES string of the molecule is CCCCCNC(=O)CCOCCOCCOCCOCCOCCOCCOCCOCCOCCOCCOCCOCCN(C[C@H](O)[C@@H](O)[C@H](O)[C@H](O)CO)C[C@H](O)[C@@H](O)[C@H](O)[C@H](O)CO. The Morgan fingerprint density at radius 3 is 0.928 bits per heavy atom. The van der Waals surface area contributed by atoms with Gasteiger partial charge in [-0.3, -0.25) is 9.69 Å². The van der Waals surface area contributed by atoms with Crippen LogP contribution >= 0.6 is 0 Å². The Hall–Kier alpha value is -1.45. The van der Waals surface area contributed by atoms with E-state index in [1.807, 2.05) is 0 Å². The zero-order valence-corrected chi connectivity index (χ0v) is 40.9. The number of aliphatic hydroxyl groups is 10. The summed E-state index contributed by atoms with van der Waals surface area (Å²) in [5.41, 5.74) is 0. The lowest BCUT2D eigenvalue weighted by Crippen LogP contribution is -2.53. The number of carbonyl (C=O) groups is 1. The summed E-state index contributed by atoms with van der Waals surface area (Å²) in [6.45, 7) is 9.60. The molecule has 0 saturated carbocycles. The molecule has 0 rings (SSSR count). The molecule has 0 aromatic heterocycles. The summed E-state index contributed by atoms with van der Waals surface area (Å²) >= 11 is 0. The van der Waals surface area contributed by atoms with Gasteiger partial charge in [-0.25, -0.2) is 0 Å². The first-order valence-corrected chi connectivity index (χ1v) is 24.1. The molecule has 25 heteroatoms. The summed E-state index contributed by atoms with van der Waals surface area (Å²) in [5.74, 6) is 0.0156. The van der Waals surface area contributed by atoms with Crippen molar-refractivity contribution < 1.29 is 113 Å². The normalized spacial score (nSPS) is 15.5. The van der Waals surface area contributed by atoms with Crippen molar-refractivity contribution in [3.8, 4) is 0 Å². The number of nitrogens with one attached hydrogen (secondary N) is 1. The summed E-state index contributed by atoms with van der Waals surface area (Å²) in [5, 5.41) is 101. The van der Waals surface area contributed by atoms with Crippen molar-refractivity contribution in [3.63, 3.8) is 0 Å². The van der Waals surface area contributed by atoms with Gasteiger partial charge in [0.15, 0.2) is 0 Å². The summed E-state index contributed by atoms with van der Waals surface area (Å²) in [7, 11) is 0. The van der Waals surface area contributed by atoms with Gasteiger partial charge in [0, 0.05) is 32.6 Å². The molecule has 0 fully saturated rings. The van der Waals surface area contributed by atoms with Crippen molar-refractivity contribution in [2.45, 2.75) is 81.4 Å². The van der Waals surface area contributed by atoms with Crippen molar-refractivity contribution >= 4 is 5.91 Å². The van der Waals surface area contributed by atoms with Gasteiger partial charge >= 0.3 is 0 Å². The largest absolute Gasteiger partial charge is 0.394 e. The number of hydrogen-bond acceptors (Lipinski definition) is 24. The molecule has 0 aromatic carbocycles. The van der Waals surface area contributed by atoms with E-state index < -0.39 is 75.1 Å². The monoisotopic (exact) mass is 1010 g/mol.